The first-order valence-electron chi connectivity index (χ1n) is 11.5. The maximum atomic E-state index is 14.1. The number of rotatable bonds is 8. The van der Waals surface area contributed by atoms with Crippen molar-refractivity contribution in [2.45, 2.75) is 13.3 Å². The van der Waals surface area contributed by atoms with Crippen molar-refractivity contribution >= 4 is 28.6 Å². The number of imidazole rings is 2. The molecule has 5 aromatic rings. The predicted octanol–water partition coefficient (Wildman–Crippen LogP) is 4.97. The number of carbonyl (C=O) groups is 1. The minimum Gasteiger partial charge on any atom is -0.457 e. The molecule has 0 atom stereocenters. The Balaban J connectivity index is 1.41. The Morgan fingerprint density at radius 3 is 2.75 bits per heavy atom. The average Bonchev–Trinajstić information content (AvgIpc) is 3.51. The van der Waals surface area contributed by atoms with Crippen molar-refractivity contribution in [2.24, 2.45) is 7.05 Å². The molecule has 0 fully saturated rings. The third-order valence-electron chi connectivity index (χ3n) is 5.58. The van der Waals surface area contributed by atoms with E-state index in [4.69, 9.17) is 4.74 Å². The van der Waals surface area contributed by atoms with Gasteiger partial charge in [0.25, 0.3) is 5.91 Å². The van der Waals surface area contributed by atoms with Crippen LogP contribution >= 0.6 is 0 Å². The van der Waals surface area contributed by atoms with Gasteiger partial charge < -0.3 is 24.5 Å². The van der Waals surface area contributed by atoms with Crippen molar-refractivity contribution in [1.29, 1.82) is 0 Å². The molecule has 0 radical (unpaired) electrons. The van der Waals surface area contributed by atoms with Gasteiger partial charge in [0.05, 0.1) is 28.7 Å². The first-order chi connectivity index (χ1) is 17.5. The normalized spacial score (nSPS) is 11.0. The van der Waals surface area contributed by atoms with Crippen molar-refractivity contribution in [1.82, 2.24) is 29.4 Å². The van der Waals surface area contributed by atoms with Gasteiger partial charge in [-0.05, 0) is 42.8 Å². The molecule has 1 amide bonds. The van der Waals surface area contributed by atoms with E-state index in [9.17, 15) is 9.18 Å². The van der Waals surface area contributed by atoms with E-state index in [1.807, 2.05) is 30.7 Å². The van der Waals surface area contributed by atoms with Crippen molar-refractivity contribution in [3.05, 3.63) is 85.0 Å². The van der Waals surface area contributed by atoms with Crippen LogP contribution in [0.4, 0.5) is 16.0 Å². The second-order valence-corrected chi connectivity index (χ2v) is 8.14. The molecule has 3 heterocycles. The van der Waals surface area contributed by atoms with Gasteiger partial charge in [-0.25, -0.2) is 14.4 Å². The number of hydrogen-bond acceptors (Lipinski definition) is 6. The Morgan fingerprint density at radius 1 is 1.08 bits per heavy atom. The highest BCUT2D eigenvalue weighted by Crippen LogP contribution is 2.30. The Morgan fingerprint density at radius 2 is 1.94 bits per heavy atom. The molecule has 36 heavy (non-hydrogen) atoms. The van der Waals surface area contributed by atoms with Crippen LogP contribution in [0.5, 0.6) is 11.5 Å². The molecule has 0 unspecified atom stereocenters. The summed E-state index contributed by atoms with van der Waals surface area (Å²) in [7, 11) is 1.87. The molecule has 2 N–H and O–H groups in total. The molecule has 182 valence electrons. The fourth-order valence-electron chi connectivity index (χ4n) is 3.77. The Labute approximate surface area is 206 Å². The van der Waals surface area contributed by atoms with Gasteiger partial charge in [-0.15, -0.1) is 0 Å². The van der Waals surface area contributed by atoms with Gasteiger partial charge >= 0.3 is 0 Å². The Bertz CT molecular complexity index is 1530. The maximum Gasteiger partial charge on any atom is 0.270 e. The zero-order valence-electron chi connectivity index (χ0n) is 19.8. The van der Waals surface area contributed by atoms with Crippen LogP contribution in [0.2, 0.25) is 0 Å². The van der Waals surface area contributed by atoms with E-state index in [1.54, 1.807) is 47.6 Å². The average molecular weight is 486 g/mol. The maximum absolute atomic E-state index is 14.1. The number of aromatic nitrogens is 5. The molecule has 0 saturated carbocycles. The molecule has 5 rings (SSSR count). The van der Waals surface area contributed by atoms with Crippen LogP contribution in [0.1, 0.15) is 23.8 Å². The Hall–Kier alpha value is -4.73. The summed E-state index contributed by atoms with van der Waals surface area (Å²) < 4.78 is 23.7. The molecule has 9 nitrogen and oxygen atoms in total. The third-order valence-corrected chi connectivity index (χ3v) is 5.58. The summed E-state index contributed by atoms with van der Waals surface area (Å²) in [6.45, 7) is 2.57. The zero-order valence-corrected chi connectivity index (χ0v) is 19.8. The van der Waals surface area contributed by atoms with Gasteiger partial charge in [0, 0.05) is 44.3 Å². The number of aryl methyl sites for hydroxylation is 1. The molecular weight excluding hydrogens is 461 g/mol. The highest BCUT2D eigenvalue weighted by Gasteiger charge is 2.14. The molecular formula is C26H24FN7O2. The molecule has 2 aromatic carbocycles. The number of anilines is 2. The van der Waals surface area contributed by atoms with Crippen LogP contribution in [-0.4, -0.2) is 36.5 Å². The monoisotopic (exact) mass is 485 g/mol. The molecule has 10 heteroatoms. The number of halogens is 1. The first-order valence-corrected chi connectivity index (χ1v) is 11.5. The summed E-state index contributed by atoms with van der Waals surface area (Å²) in [6, 6.07) is 13.3. The molecule has 0 spiro atoms. The first kappa shape index (κ1) is 23.0. The highest BCUT2D eigenvalue weighted by atomic mass is 19.1. The number of fused-ring (bicyclic) bond motifs is 1. The van der Waals surface area contributed by atoms with E-state index in [0.717, 1.165) is 17.6 Å². The van der Waals surface area contributed by atoms with E-state index in [0.29, 0.717) is 35.2 Å². The van der Waals surface area contributed by atoms with Crippen LogP contribution < -0.4 is 15.4 Å². The van der Waals surface area contributed by atoms with E-state index in [2.05, 4.69) is 25.6 Å². The summed E-state index contributed by atoms with van der Waals surface area (Å²) in [4.78, 5) is 25.1. The van der Waals surface area contributed by atoms with Crippen molar-refractivity contribution in [3.8, 4) is 17.2 Å². The van der Waals surface area contributed by atoms with Gasteiger partial charge in [-0.3, -0.25) is 9.78 Å². The molecule has 3 aromatic heterocycles. The summed E-state index contributed by atoms with van der Waals surface area (Å²) in [5, 5.41) is 6.04. The van der Waals surface area contributed by atoms with Crippen LogP contribution in [-0.2, 0) is 7.05 Å². The SMILES string of the molecule is CCCNC(=O)c1cc(Oc2ccc3c(c2)nc(Nc2cc(F)ccc2-n2ccnc2)n3C)ccn1. The van der Waals surface area contributed by atoms with E-state index < -0.39 is 0 Å². The smallest absolute Gasteiger partial charge is 0.270 e. The van der Waals surface area contributed by atoms with Gasteiger partial charge in [-0.2, -0.15) is 0 Å². The fraction of sp³-hybridized carbons (Fsp3) is 0.154. The van der Waals surface area contributed by atoms with Crippen molar-refractivity contribution in [3.63, 3.8) is 0 Å². The van der Waals surface area contributed by atoms with Crippen molar-refractivity contribution in [2.75, 3.05) is 11.9 Å². The summed E-state index contributed by atoms with van der Waals surface area (Å²) in [6.07, 6.45) is 7.47. The number of nitrogens with zero attached hydrogens (tertiary/aromatic N) is 5. The molecule has 0 aliphatic rings. The van der Waals surface area contributed by atoms with Gasteiger partial charge in [-0.1, -0.05) is 6.92 Å². The van der Waals surface area contributed by atoms with E-state index in [1.165, 1.54) is 18.3 Å². The number of benzene rings is 2. The minimum absolute atomic E-state index is 0.245. The summed E-state index contributed by atoms with van der Waals surface area (Å²) in [5.74, 6) is 0.975. The standard InChI is InChI=1S/C26H24FN7O2/c1-3-9-30-25(35)22-15-19(8-10-29-22)36-18-5-7-23-21(14-18)32-26(33(23)2)31-20-13-17(27)4-6-24(20)34-12-11-28-16-34/h4-8,10-16H,3,9H2,1-2H3,(H,30,35)(H,31,32). The molecule has 0 aliphatic heterocycles. The number of carbonyl (C=O) groups excluding carboxylic acids is 1. The zero-order chi connectivity index (χ0) is 25.1. The summed E-state index contributed by atoms with van der Waals surface area (Å²) >= 11 is 0. The highest BCUT2D eigenvalue weighted by molar-refractivity contribution is 5.92. The summed E-state index contributed by atoms with van der Waals surface area (Å²) in [5.41, 5.74) is 3.12. The van der Waals surface area contributed by atoms with Gasteiger partial charge in [0.1, 0.15) is 23.0 Å². The largest absolute Gasteiger partial charge is 0.457 e. The lowest BCUT2D eigenvalue weighted by molar-refractivity contribution is 0.0948. The van der Waals surface area contributed by atoms with Crippen LogP contribution in [0.25, 0.3) is 16.7 Å². The Kier molecular flexibility index (Phi) is 6.31. The topological polar surface area (TPSA) is 98.9 Å². The van der Waals surface area contributed by atoms with Crippen LogP contribution in [0, 0.1) is 5.82 Å². The number of hydrogen-bond donors (Lipinski definition) is 2. The van der Waals surface area contributed by atoms with Crippen LogP contribution in [0.15, 0.2) is 73.4 Å². The number of amides is 1. The van der Waals surface area contributed by atoms with Crippen molar-refractivity contribution < 1.29 is 13.9 Å². The lowest BCUT2D eigenvalue weighted by atomic mass is 10.2. The minimum atomic E-state index is -0.365. The number of pyridine rings is 1. The van der Waals surface area contributed by atoms with Gasteiger partial charge in [0.2, 0.25) is 5.95 Å². The predicted molar refractivity (Wildman–Crippen MR) is 134 cm³/mol. The third kappa shape index (κ3) is 4.74. The molecule has 0 aliphatic carbocycles. The molecule has 0 bridgehead atoms. The van der Waals surface area contributed by atoms with E-state index in [-0.39, 0.29) is 17.4 Å². The van der Waals surface area contributed by atoms with Crippen LogP contribution in [0.3, 0.4) is 0 Å². The number of nitrogens with one attached hydrogen (secondary N) is 2. The molecule has 0 saturated heterocycles. The number of ether oxygens (including phenoxy) is 1. The lowest BCUT2D eigenvalue weighted by Crippen LogP contribution is -2.24. The quantitative estimate of drug-likeness (QED) is 0.322. The second kappa shape index (κ2) is 9.87. The fourth-order valence-corrected chi connectivity index (χ4v) is 3.77. The van der Waals surface area contributed by atoms with Gasteiger partial charge in [0.15, 0.2) is 0 Å². The van der Waals surface area contributed by atoms with E-state index >= 15 is 0 Å². The second-order valence-electron chi connectivity index (χ2n) is 8.14. The lowest BCUT2D eigenvalue weighted by Gasteiger charge is -2.12.